The van der Waals surface area contributed by atoms with Crippen molar-refractivity contribution in [1.82, 2.24) is 0 Å². The monoisotopic (exact) mass is 286 g/mol. The molecule has 0 aromatic rings. The van der Waals surface area contributed by atoms with E-state index in [1.54, 1.807) is 6.08 Å². The smallest absolute Gasteiger partial charge is 0.331 e. The minimum atomic E-state index is -3.35. The highest BCUT2D eigenvalue weighted by Gasteiger charge is 2.30. The zero-order chi connectivity index (χ0) is 13.9. The van der Waals surface area contributed by atoms with Crippen LogP contribution in [-0.2, 0) is 9.36 Å². The third kappa shape index (κ3) is 5.12. The van der Waals surface area contributed by atoms with Gasteiger partial charge < -0.3 is 10.00 Å². The fraction of sp³-hybridized carbons (Fsp3) is 0.786. The molecule has 108 valence electrons. The largest absolute Gasteiger partial charge is 0.478 e. The Bertz CT molecular complexity index is 406. The summed E-state index contributed by atoms with van der Waals surface area (Å²) in [6.45, 7) is 0. The number of hydrogen-bond donors (Lipinski definition) is 2. The third-order valence-corrected chi connectivity index (χ3v) is 5.94. The molecule has 2 rings (SSSR count). The van der Waals surface area contributed by atoms with Crippen molar-refractivity contribution in [2.45, 2.75) is 44.9 Å². The first-order chi connectivity index (χ1) is 8.96. The van der Waals surface area contributed by atoms with E-state index >= 15 is 0 Å². The van der Waals surface area contributed by atoms with Crippen LogP contribution in [0.5, 0.6) is 0 Å². The normalized spacial score (nSPS) is 25.0. The van der Waals surface area contributed by atoms with E-state index in [4.69, 9.17) is 5.11 Å². The number of hydrogen-bond acceptors (Lipinski definition) is 2. The van der Waals surface area contributed by atoms with Crippen LogP contribution < -0.4 is 0 Å². The standard InChI is InChI=1S/C14H23O4P/c15-14(16)13(8-11-6-7-11)10-19(17,18)9-12-4-2-1-3-5-12/h8,11-12H,1-7,9-10H2,(H,15,16)(H,17,18). The molecule has 2 N–H and O–H groups in total. The van der Waals surface area contributed by atoms with E-state index in [9.17, 15) is 14.3 Å². The molecule has 5 heteroatoms. The first kappa shape index (κ1) is 14.8. The van der Waals surface area contributed by atoms with Gasteiger partial charge >= 0.3 is 5.97 Å². The number of allylic oxidation sites excluding steroid dienone is 1. The van der Waals surface area contributed by atoms with Crippen LogP contribution in [0, 0.1) is 11.8 Å². The Labute approximate surface area is 114 Å². The van der Waals surface area contributed by atoms with Crippen molar-refractivity contribution in [2.24, 2.45) is 11.8 Å². The van der Waals surface area contributed by atoms with Gasteiger partial charge in [-0.25, -0.2) is 4.79 Å². The van der Waals surface area contributed by atoms with Gasteiger partial charge in [0.25, 0.3) is 0 Å². The average molecular weight is 286 g/mol. The van der Waals surface area contributed by atoms with E-state index in [0.717, 1.165) is 38.5 Å². The lowest BCUT2D eigenvalue weighted by Gasteiger charge is -2.24. The first-order valence-electron chi connectivity index (χ1n) is 7.21. The van der Waals surface area contributed by atoms with Crippen LogP contribution in [0.25, 0.3) is 0 Å². The predicted octanol–water partition coefficient (Wildman–Crippen LogP) is 3.26. The van der Waals surface area contributed by atoms with Crippen molar-refractivity contribution >= 4 is 13.3 Å². The molecular formula is C14H23O4P. The number of carboxylic acids is 1. The first-order valence-corrected chi connectivity index (χ1v) is 9.24. The molecule has 0 amide bonds. The molecular weight excluding hydrogens is 263 g/mol. The van der Waals surface area contributed by atoms with E-state index in [1.807, 2.05) is 0 Å². The minimum absolute atomic E-state index is 0.143. The summed E-state index contributed by atoms with van der Waals surface area (Å²) in [5.74, 6) is -0.411. The van der Waals surface area contributed by atoms with Gasteiger partial charge in [-0.15, -0.1) is 0 Å². The summed E-state index contributed by atoms with van der Waals surface area (Å²) in [6, 6.07) is 0. The number of carboxylic acid groups (broad SMARTS) is 1. The highest BCUT2D eigenvalue weighted by molar-refractivity contribution is 7.58. The second-order valence-electron chi connectivity index (χ2n) is 6.03. The highest BCUT2D eigenvalue weighted by atomic mass is 31.2. The van der Waals surface area contributed by atoms with Crippen molar-refractivity contribution in [3.05, 3.63) is 11.6 Å². The SMILES string of the molecule is O=C(O)C(=CC1CC1)CP(=O)(O)CC1CCCCC1. The second kappa shape index (κ2) is 6.23. The Morgan fingerprint density at radius 1 is 1.16 bits per heavy atom. The summed E-state index contributed by atoms with van der Waals surface area (Å²) >= 11 is 0. The van der Waals surface area contributed by atoms with Crippen LogP contribution in [-0.4, -0.2) is 28.3 Å². The van der Waals surface area contributed by atoms with E-state index in [0.29, 0.717) is 18.0 Å². The summed E-state index contributed by atoms with van der Waals surface area (Å²) < 4.78 is 12.3. The lowest BCUT2D eigenvalue weighted by molar-refractivity contribution is -0.132. The topological polar surface area (TPSA) is 74.6 Å². The summed E-state index contributed by atoms with van der Waals surface area (Å²) in [6.07, 6.45) is 9.35. The fourth-order valence-electron chi connectivity index (χ4n) is 2.84. The molecule has 2 fully saturated rings. The van der Waals surface area contributed by atoms with Crippen LogP contribution in [0.1, 0.15) is 44.9 Å². The van der Waals surface area contributed by atoms with Gasteiger partial charge in [-0.2, -0.15) is 0 Å². The van der Waals surface area contributed by atoms with E-state index < -0.39 is 13.3 Å². The average Bonchev–Trinajstić information content (AvgIpc) is 3.12. The van der Waals surface area contributed by atoms with Crippen LogP contribution in [0.3, 0.4) is 0 Å². The van der Waals surface area contributed by atoms with Gasteiger partial charge in [0.2, 0.25) is 7.37 Å². The van der Waals surface area contributed by atoms with Gasteiger partial charge in [0.15, 0.2) is 0 Å². The summed E-state index contributed by atoms with van der Waals surface area (Å²) in [7, 11) is -3.35. The van der Waals surface area contributed by atoms with Gasteiger partial charge in [-0.1, -0.05) is 25.3 Å². The molecule has 4 nitrogen and oxygen atoms in total. The molecule has 0 spiro atoms. The molecule has 2 aliphatic rings. The zero-order valence-corrected chi connectivity index (χ0v) is 12.1. The number of rotatable bonds is 6. The Kier molecular flexibility index (Phi) is 4.86. The molecule has 0 radical (unpaired) electrons. The molecule has 0 heterocycles. The van der Waals surface area contributed by atoms with Crippen molar-refractivity contribution in [3.63, 3.8) is 0 Å². The Balaban J connectivity index is 1.93. The molecule has 0 aromatic carbocycles. The third-order valence-electron chi connectivity index (χ3n) is 4.02. The fourth-order valence-corrected chi connectivity index (χ4v) is 4.92. The van der Waals surface area contributed by atoms with Gasteiger partial charge in [-0.05, 0) is 37.5 Å². The van der Waals surface area contributed by atoms with Crippen LogP contribution >= 0.6 is 7.37 Å². The van der Waals surface area contributed by atoms with Crippen LogP contribution in [0.4, 0.5) is 0 Å². The maximum absolute atomic E-state index is 12.3. The Morgan fingerprint density at radius 2 is 1.79 bits per heavy atom. The van der Waals surface area contributed by atoms with Gasteiger partial charge in [0, 0.05) is 11.7 Å². The molecule has 0 aliphatic heterocycles. The number of carbonyl (C=O) groups is 1. The highest BCUT2D eigenvalue weighted by Crippen LogP contribution is 2.47. The van der Waals surface area contributed by atoms with Gasteiger partial charge in [-0.3, -0.25) is 4.57 Å². The summed E-state index contributed by atoms with van der Waals surface area (Å²) in [5, 5.41) is 9.12. The molecule has 0 bridgehead atoms. The van der Waals surface area contributed by atoms with Gasteiger partial charge in [0.05, 0.1) is 6.16 Å². The maximum atomic E-state index is 12.3. The van der Waals surface area contributed by atoms with E-state index in [2.05, 4.69) is 0 Å². The maximum Gasteiger partial charge on any atom is 0.331 e. The quantitative estimate of drug-likeness (QED) is 0.580. The minimum Gasteiger partial charge on any atom is -0.478 e. The second-order valence-corrected chi connectivity index (χ2v) is 8.40. The molecule has 1 atom stereocenters. The number of aliphatic carboxylic acids is 1. The Morgan fingerprint density at radius 3 is 2.32 bits per heavy atom. The van der Waals surface area contributed by atoms with Crippen molar-refractivity contribution in [1.29, 1.82) is 0 Å². The molecule has 2 aliphatic carbocycles. The van der Waals surface area contributed by atoms with E-state index in [-0.39, 0.29) is 11.7 Å². The lowest BCUT2D eigenvalue weighted by Crippen LogP contribution is -2.14. The molecule has 19 heavy (non-hydrogen) atoms. The summed E-state index contributed by atoms with van der Waals surface area (Å²) in [5.41, 5.74) is 0.143. The summed E-state index contributed by atoms with van der Waals surface area (Å²) in [4.78, 5) is 21.2. The van der Waals surface area contributed by atoms with Crippen molar-refractivity contribution < 1.29 is 19.4 Å². The Hall–Kier alpha value is -0.600. The van der Waals surface area contributed by atoms with Crippen molar-refractivity contribution in [3.8, 4) is 0 Å². The lowest BCUT2D eigenvalue weighted by atomic mass is 9.91. The predicted molar refractivity (Wildman–Crippen MR) is 74.6 cm³/mol. The van der Waals surface area contributed by atoms with Crippen LogP contribution in [0.15, 0.2) is 11.6 Å². The molecule has 1 unspecified atom stereocenters. The van der Waals surface area contributed by atoms with Gasteiger partial charge in [0.1, 0.15) is 0 Å². The zero-order valence-electron chi connectivity index (χ0n) is 11.3. The molecule has 0 saturated heterocycles. The van der Waals surface area contributed by atoms with E-state index in [1.165, 1.54) is 6.42 Å². The van der Waals surface area contributed by atoms with Crippen LogP contribution in [0.2, 0.25) is 0 Å². The molecule has 2 saturated carbocycles. The van der Waals surface area contributed by atoms with Crippen molar-refractivity contribution in [2.75, 3.05) is 12.3 Å². The molecule has 0 aromatic heterocycles.